The molecule has 1 saturated carbocycles. The molecular weight excluding hydrogens is 340 g/mol. The van der Waals surface area contributed by atoms with Gasteiger partial charge in [0.05, 0.1) is 25.2 Å². The second-order valence-electron chi connectivity index (χ2n) is 7.56. The zero-order valence-electron chi connectivity index (χ0n) is 16.2. The highest BCUT2D eigenvalue weighted by molar-refractivity contribution is 5.97. The van der Waals surface area contributed by atoms with Gasteiger partial charge in [-0.3, -0.25) is 9.69 Å². The minimum absolute atomic E-state index is 0.146. The van der Waals surface area contributed by atoms with E-state index in [0.717, 1.165) is 24.5 Å². The molecule has 0 bridgehead atoms. The van der Waals surface area contributed by atoms with Crippen molar-refractivity contribution < 1.29 is 9.53 Å². The van der Waals surface area contributed by atoms with Crippen LogP contribution in [0.5, 0.6) is 5.75 Å². The van der Waals surface area contributed by atoms with Gasteiger partial charge in [0.2, 0.25) is 5.91 Å². The Labute approximate surface area is 160 Å². The van der Waals surface area contributed by atoms with Crippen LogP contribution in [0.4, 0.5) is 5.69 Å². The SMILES string of the molecule is COc1ccc(N2CCN(Cc3cncn3C3CCCC3)[C@H](C)C2=O)cc1. The highest BCUT2D eigenvalue weighted by Gasteiger charge is 2.33. The molecule has 0 unspecified atom stereocenters. The molecule has 2 aromatic rings. The lowest BCUT2D eigenvalue weighted by Crippen LogP contribution is -2.55. The molecule has 1 amide bonds. The Bertz CT molecular complexity index is 780. The van der Waals surface area contributed by atoms with E-state index in [1.54, 1.807) is 7.11 Å². The first-order chi connectivity index (χ1) is 13.2. The normalized spacial score (nSPS) is 21.8. The van der Waals surface area contributed by atoms with Gasteiger partial charge in [-0.2, -0.15) is 0 Å². The summed E-state index contributed by atoms with van der Waals surface area (Å²) >= 11 is 0. The number of aromatic nitrogens is 2. The van der Waals surface area contributed by atoms with Crippen LogP contribution in [0.2, 0.25) is 0 Å². The van der Waals surface area contributed by atoms with Gasteiger partial charge < -0.3 is 14.2 Å². The predicted octanol–water partition coefficient (Wildman–Crippen LogP) is 3.24. The van der Waals surface area contributed by atoms with E-state index < -0.39 is 0 Å². The van der Waals surface area contributed by atoms with E-state index >= 15 is 0 Å². The predicted molar refractivity (Wildman–Crippen MR) is 105 cm³/mol. The van der Waals surface area contributed by atoms with E-state index in [9.17, 15) is 4.79 Å². The third-order valence-electron chi connectivity index (χ3n) is 6.00. The number of nitrogens with zero attached hydrogens (tertiary/aromatic N) is 4. The first-order valence-corrected chi connectivity index (χ1v) is 9.87. The summed E-state index contributed by atoms with van der Waals surface area (Å²) in [6, 6.07) is 8.14. The topological polar surface area (TPSA) is 50.6 Å². The number of rotatable bonds is 5. The number of anilines is 1. The van der Waals surface area contributed by atoms with Crippen molar-refractivity contribution in [1.29, 1.82) is 0 Å². The van der Waals surface area contributed by atoms with Crippen molar-refractivity contribution in [2.45, 2.75) is 51.2 Å². The van der Waals surface area contributed by atoms with Gasteiger partial charge in [-0.05, 0) is 44.0 Å². The summed E-state index contributed by atoms with van der Waals surface area (Å²) in [7, 11) is 1.65. The Morgan fingerprint density at radius 1 is 1.15 bits per heavy atom. The summed E-state index contributed by atoms with van der Waals surface area (Å²) < 4.78 is 7.55. The first-order valence-electron chi connectivity index (χ1n) is 9.87. The van der Waals surface area contributed by atoms with E-state index in [0.29, 0.717) is 12.6 Å². The largest absolute Gasteiger partial charge is 0.497 e. The summed E-state index contributed by atoms with van der Waals surface area (Å²) in [6.07, 6.45) is 9.01. The Balaban J connectivity index is 1.45. The van der Waals surface area contributed by atoms with Gasteiger partial charge in [-0.25, -0.2) is 4.98 Å². The summed E-state index contributed by atoms with van der Waals surface area (Å²) in [5, 5.41) is 0. The molecule has 2 heterocycles. The lowest BCUT2D eigenvalue weighted by molar-refractivity contribution is -0.125. The molecule has 1 aromatic carbocycles. The smallest absolute Gasteiger partial charge is 0.244 e. The Morgan fingerprint density at radius 2 is 1.89 bits per heavy atom. The molecule has 1 aliphatic carbocycles. The Kier molecular flexibility index (Phi) is 5.16. The van der Waals surface area contributed by atoms with Crippen molar-refractivity contribution >= 4 is 11.6 Å². The zero-order chi connectivity index (χ0) is 18.8. The molecule has 0 spiro atoms. The summed E-state index contributed by atoms with van der Waals surface area (Å²) in [6.45, 7) is 4.34. The van der Waals surface area contributed by atoms with Crippen LogP contribution in [0.25, 0.3) is 0 Å². The molecule has 1 aliphatic heterocycles. The molecule has 0 radical (unpaired) electrons. The summed E-state index contributed by atoms with van der Waals surface area (Å²) in [4.78, 5) is 21.5. The van der Waals surface area contributed by atoms with Crippen molar-refractivity contribution in [3.05, 3.63) is 42.5 Å². The third kappa shape index (κ3) is 3.58. The van der Waals surface area contributed by atoms with E-state index in [4.69, 9.17) is 4.74 Å². The second-order valence-corrected chi connectivity index (χ2v) is 7.56. The van der Waals surface area contributed by atoms with Crippen molar-refractivity contribution in [1.82, 2.24) is 14.5 Å². The molecule has 2 fully saturated rings. The quantitative estimate of drug-likeness (QED) is 0.813. The Morgan fingerprint density at radius 3 is 2.59 bits per heavy atom. The fourth-order valence-corrected chi connectivity index (χ4v) is 4.32. The van der Waals surface area contributed by atoms with Crippen molar-refractivity contribution in [3.8, 4) is 5.75 Å². The maximum atomic E-state index is 13.0. The average molecular weight is 368 g/mol. The number of benzene rings is 1. The number of methoxy groups -OCH3 is 1. The highest BCUT2D eigenvalue weighted by Crippen LogP contribution is 2.31. The molecule has 1 aromatic heterocycles. The molecule has 6 nitrogen and oxygen atoms in total. The summed E-state index contributed by atoms with van der Waals surface area (Å²) in [5.74, 6) is 0.955. The first kappa shape index (κ1) is 18.0. The van der Waals surface area contributed by atoms with Crippen LogP contribution in [0.1, 0.15) is 44.3 Å². The van der Waals surface area contributed by atoms with Crippen molar-refractivity contribution in [2.75, 3.05) is 25.1 Å². The van der Waals surface area contributed by atoms with E-state index in [1.165, 1.54) is 31.4 Å². The van der Waals surface area contributed by atoms with Gasteiger partial charge in [-0.15, -0.1) is 0 Å². The van der Waals surface area contributed by atoms with Crippen LogP contribution < -0.4 is 9.64 Å². The monoisotopic (exact) mass is 368 g/mol. The maximum absolute atomic E-state index is 13.0. The van der Waals surface area contributed by atoms with Crippen LogP contribution in [0.15, 0.2) is 36.8 Å². The summed E-state index contributed by atoms with van der Waals surface area (Å²) in [5.41, 5.74) is 2.16. The van der Waals surface area contributed by atoms with Crippen molar-refractivity contribution in [3.63, 3.8) is 0 Å². The van der Waals surface area contributed by atoms with Gasteiger partial charge in [0.1, 0.15) is 5.75 Å². The van der Waals surface area contributed by atoms with E-state index in [-0.39, 0.29) is 11.9 Å². The number of imidazole rings is 1. The highest BCUT2D eigenvalue weighted by atomic mass is 16.5. The molecule has 1 saturated heterocycles. The van der Waals surface area contributed by atoms with Gasteiger partial charge in [0, 0.05) is 37.6 Å². The molecule has 4 rings (SSSR count). The van der Waals surface area contributed by atoms with E-state index in [2.05, 4.69) is 14.5 Å². The van der Waals surface area contributed by atoms with E-state index in [1.807, 2.05) is 48.6 Å². The van der Waals surface area contributed by atoms with Crippen LogP contribution >= 0.6 is 0 Å². The number of amides is 1. The van der Waals surface area contributed by atoms with Crippen LogP contribution in [0, 0.1) is 0 Å². The lowest BCUT2D eigenvalue weighted by atomic mass is 10.1. The van der Waals surface area contributed by atoms with Gasteiger partial charge >= 0.3 is 0 Å². The number of ether oxygens (including phenoxy) is 1. The number of piperazine rings is 1. The molecular formula is C21H28N4O2. The molecule has 27 heavy (non-hydrogen) atoms. The number of hydrogen-bond donors (Lipinski definition) is 0. The maximum Gasteiger partial charge on any atom is 0.244 e. The van der Waals surface area contributed by atoms with Gasteiger partial charge in [0.15, 0.2) is 0 Å². The molecule has 0 N–H and O–H groups in total. The number of carbonyl (C=O) groups is 1. The molecule has 6 heteroatoms. The van der Waals surface area contributed by atoms with Crippen LogP contribution in [-0.4, -0.2) is 46.6 Å². The fourth-order valence-electron chi connectivity index (χ4n) is 4.32. The van der Waals surface area contributed by atoms with Gasteiger partial charge in [-0.1, -0.05) is 12.8 Å². The minimum atomic E-state index is -0.146. The Hall–Kier alpha value is -2.34. The third-order valence-corrected chi connectivity index (χ3v) is 6.00. The minimum Gasteiger partial charge on any atom is -0.497 e. The lowest BCUT2D eigenvalue weighted by Gasteiger charge is -2.39. The molecule has 2 aliphatic rings. The average Bonchev–Trinajstić information content (AvgIpc) is 3.37. The zero-order valence-corrected chi connectivity index (χ0v) is 16.2. The molecule has 1 atom stereocenters. The number of carbonyl (C=O) groups excluding carboxylic acids is 1. The van der Waals surface area contributed by atoms with Crippen LogP contribution in [-0.2, 0) is 11.3 Å². The second kappa shape index (κ2) is 7.72. The van der Waals surface area contributed by atoms with Gasteiger partial charge in [0.25, 0.3) is 0 Å². The number of hydrogen-bond acceptors (Lipinski definition) is 4. The standard InChI is InChI=1S/C21H28N4O2/c1-16-21(26)24(18-7-9-20(27-2)10-8-18)12-11-23(16)14-19-13-22-15-25(19)17-5-3-4-6-17/h7-10,13,15-17H,3-6,11-12,14H2,1-2H3/t16-/m1/s1. The van der Waals surface area contributed by atoms with Crippen molar-refractivity contribution in [2.24, 2.45) is 0 Å². The fraction of sp³-hybridized carbons (Fsp3) is 0.524. The molecule has 144 valence electrons. The van der Waals surface area contributed by atoms with Crippen LogP contribution in [0.3, 0.4) is 0 Å².